The van der Waals surface area contributed by atoms with Crippen LogP contribution in [0.15, 0.2) is 0 Å². The number of aliphatic carboxylic acids is 1. The number of hydrogen-bond donors (Lipinski definition) is 2. The first kappa shape index (κ1) is 11.9. The zero-order chi connectivity index (χ0) is 11.6. The van der Waals surface area contributed by atoms with Crippen LogP contribution in [0.5, 0.6) is 0 Å². The zero-order valence-electron chi connectivity index (χ0n) is 9.65. The van der Waals surface area contributed by atoms with Gasteiger partial charge in [-0.2, -0.15) is 0 Å². The summed E-state index contributed by atoms with van der Waals surface area (Å²) in [5.74, 6) is -0.262. The highest BCUT2D eigenvalue weighted by Gasteiger charge is 2.47. The Morgan fingerprint density at radius 1 is 1.38 bits per heavy atom. The topological polar surface area (TPSA) is 72.5 Å². The summed E-state index contributed by atoms with van der Waals surface area (Å²) >= 11 is 0. The largest absolute Gasteiger partial charge is 0.480 e. The van der Waals surface area contributed by atoms with Crippen LogP contribution in [0, 0.1) is 11.3 Å². The summed E-state index contributed by atoms with van der Waals surface area (Å²) in [5, 5.41) is 8.90. The van der Waals surface area contributed by atoms with E-state index in [-0.39, 0.29) is 5.41 Å². The van der Waals surface area contributed by atoms with Crippen molar-refractivity contribution < 1.29 is 14.6 Å². The van der Waals surface area contributed by atoms with Crippen LogP contribution in [0.3, 0.4) is 0 Å². The molecule has 1 unspecified atom stereocenters. The molecule has 2 rings (SSSR count). The quantitative estimate of drug-likeness (QED) is 0.761. The van der Waals surface area contributed by atoms with Gasteiger partial charge in [0.1, 0.15) is 6.04 Å². The van der Waals surface area contributed by atoms with Gasteiger partial charge in [-0.15, -0.1) is 0 Å². The van der Waals surface area contributed by atoms with Crippen LogP contribution in [-0.2, 0) is 9.53 Å². The van der Waals surface area contributed by atoms with Gasteiger partial charge in [-0.3, -0.25) is 4.79 Å². The first-order valence-electron chi connectivity index (χ1n) is 6.20. The molecule has 4 heteroatoms. The Bertz CT molecular complexity index is 257. The monoisotopic (exact) mass is 227 g/mol. The number of ether oxygens (including phenoxy) is 1. The molecule has 1 saturated carbocycles. The molecule has 1 aliphatic heterocycles. The van der Waals surface area contributed by atoms with Crippen molar-refractivity contribution in [3.8, 4) is 0 Å². The van der Waals surface area contributed by atoms with E-state index < -0.39 is 12.0 Å². The molecular weight excluding hydrogens is 206 g/mol. The van der Waals surface area contributed by atoms with E-state index in [1.54, 1.807) is 0 Å². The number of carbonyl (C=O) groups is 1. The Morgan fingerprint density at radius 2 is 2.00 bits per heavy atom. The van der Waals surface area contributed by atoms with E-state index in [4.69, 9.17) is 15.6 Å². The molecule has 2 aliphatic rings. The van der Waals surface area contributed by atoms with Crippen LogP contribution < -0.4 is 5.73 Å². The second-order valence-electron chi connectivity index (χ2n) is 5.34. The van der Waals surface area contributed by atoms with Crippen LogP contribution >= 0.6 is 0 Å². The van der Waals surface area contributed by atoms with E-state index in [0.717, 1.165) is 0 Å². The van der Waals surface area contributed by atoms with E-state index >= 15 is 0 Å². The van der Waals surface area contributed by atoms with Gasteiger partial charge < -0.3 is 15.6 Å². The molecule has 0 radical (unpaired) electrons. The van der Waals surface area contributed by atoms with Crippen LogP contribution in [0.25, 0.3) is 0 Å². The zero-order valence-corrected chi connectivity index (χ0v) is 9.65. The fraction of sp³-hybridized carbons (Fsp3) is 0.917. The lowest BCUT2D eigenvalue weighted by atomic mass is 9.64. The van der Waals surface area contributed by atoms with Gasteiger partial charge in [0, 0.05) is 5.41 Å². The van der Waals surface area contributed by atoms with Gasteiger partial charge in [-0.25, -0.2) is 0 Å². The Morgan fingerprint density at radius 3 is 2.44 bits per heavy atom. The van der Waals surface area contributed by atoms with Gasteiger partial charge in [-0.05, 0) is 25.2 Å². The fourth-order valence-electron chi connectivity index (χ4n) is 3.12. The lowest BCUT2D eigenvalue weighted by Gasteiger charge is -2.49. The molecule has 0 aromatic carbocycles. The summed E-state index contributed by atoms with van der Waals surface area (Å²) in [7, 11) is 0. The maximum absolute atomic E-state index is 10.8. The summed E-state index contributed by atoms with van der Waals surface area (Å²) in [6.45, 7) is 1.41. The van der Waals surface area contributed by atoms with E-state index in [2.05, 4.69) is 0 Å². The van der Waals surface area contributed by atoms with Crippen molar-refractivity contribution in [3.05, 3.63) is 0 Å². The number of nitrogens with two attached hydrogens (primary N) is 1. The lowest BCUT2D eigenvalue weighted by molar-refractivity contribution is -0.165. The second-order valence-corrected chi connectivity index (χ2v) is 5.34. The van der Waals surface area contributed by atoms with Gasteiger partial charge >= 0.3 is 5.97 Å². The van der Waals surface area contributed by atoms with Crippen molar-refractivity contribution in [2.24, 2.45) is 17.1 Å². The highest BCUT2D eigenvalue weighted by molar-refractivity contribution is 5.73. The molecule has 0 aromatic rings. The van der Waals surface area contributed by atoms with Crippen LogP contribution in [0.1, 0.15) is 38.5 Å². The minimum atomic E-state index is -0.887. The van der Waals surface area contributed by atoms with Crippen LogP contribution in [-0.4, -0.2) is 30.3 Å². The smallest absolute Gasteiger partial charge is 0.320 e. The summed E-state index contributed by atoms with van der Waals surface area (Å²) < 4.78 is 5.32. The molecule has 0 aromatic heterocycles. The first-order valence-corrected chi connectivity index (χ1v) is 6.20. The molecule has 3 N–H and O–H groups in total. The van der Waals surface area contributed by atoms with Gasteiger partial charge in [-0.1, -0.05) is 19.3 Å². The van der Waals surface area contributed by atoms with Crippen molar-refractivity contribution in [2.75, 3.05) is 13.2 Å². The molecule has 1 saturated heterocycles. The van der Waals surface area contributed by atoms with Crippen molar-refractivity contribution in [1.82, 2.24) is 0 Å². The van der Waals surface area contributed by atoms with Gasteiger partial charge in [0.05, 0.1) is 13.2 Å². The number of carboxylic acids is 1. The van der Waals surface area contributed by atoms with Gasteiger partial charge in [0.25, 0.3) is 0 Å². The number of rotatable bonds is 4. The Hall–Kier alpha value is -0.610. The lowest BCUT2D eigenvalue weighted by Crippen LogP contribution is -2.53. The van der Waals surface area contributed by atoms with Gasteiger partial charge in [0.2, 0.25) is 0 Å². The van der Waals surface area contributed by atoms with Crippen molar-refractivity contribution in [2.45, 2.75) is 44.6 Å². The number of hydrogen-bond acceptors (Lipinski definition) is 3. The summed E-state index contributed by atoms with van der Waals surface area (Å²) in [5.41, 5.74) is 5.73. The molecule has 16 heavy (non-hydrogen) atoms. The van der Waals surface area contributed by atoms with E-state index in [1.165, 1.54) is 32.1 Å². The molecule has 0 amide bonds. The van der Waals surface area contributed by atoms with E-state index in [1.807, 2.05) is 0 Å². The predicted octanol–water partition coefficient (Wildman–Crippen LogP) is 1.39. The van der Waals surface area contributed by atoms with E-state index in [0.29, 0.717) is 25.6 Å². The number of carboxylic acid groups (broad SMARTS) is 1. The standard InChI is InChI=1S/C12H21NO3/c13-10(11(14)15)6-12(7-16-8-12)9-4-2-1-3-5-9/h9-10H,1-8,13H2,(H,14,15). The normalized spacial score (nSPS) is 27.1. The minimum Gasteiger partial charge on any atom is -0.480 e. The summed E-state index contributed by atoms with van der Waals surface area (Å²) in [6.07, 6.45) is 6.88. The third-order valence-electron chi connectivity index (χ3n) is 4.19. The highest BCUT2D eigenvalue weighted by atomic mass is 16.5. The fourth-order valence-corrected chi connectivity index (χ4v) is 3.12. The maximum Gasteiger partial charge on any atom is 0.320 e. The summed E-state index contributed by atoms with van der Waals surface area (Å²) in [6, 6.07) is -0.731. The Labute approximate surface area is 96.2 Å². The molecule has 4 nitrogen and oxygen atoms in total. The van der Waals surface area contributed by atoms with Crippen molar-refractivity contribution in [3.63, 3.8) is 0 Å². The predicted molar refractivity (Wildman–Crippen MR) is 60.1 cm³/mol. The Kier molecular flexibility index (Phi) is 3.50. The average Bonchev–Trinajstić information content (AvgIpc) is 2.24. The molecule has 2 fully saturated rings. The first-order chi connectivity index (χ1) is 7.64. The molecule has 1 heterocycles. The van der Waals surface area contributed by atoms with Crippen LogP contribution in [0.2, 0.25) is 0 Å². The molecule has 0 bridgehead atoms. The highest BCUT2D eigenvalue weighted by Crippen LogP contribution is 2.46. The van der Waals surface area contributed by atoms with Crippen LogP contribution in [0.4, 0.5) is 0 Å². The van der Waals surface area contributed by atoms with E-state index in [9.17, 15) is 4.79 Å². The molecule has 92 valence electrons. The second kappa shape index (κ2) is 4.72. The molecule has 0 spiro atoms. The van der Waals surface area contributed by atoms with Gasteiger partial charge in [0.15, 0.2) is 0 Å². The molecular formula is C12H21NO3. The third kappa shape index (κ3) is 2.23. The maximum atomic E-state index is 10.8. The van der Waals surface area contributed by atoms with Crippen molar-refractivity contribution >= 4 is 5.97 Å². The average molecular weight is 227 g/mol. The third-order valence-corrected chi connectivity index (χ3v) is 4.19. The summed E-state index contributed by atoms with van der Waals surface area (Å²) in [4.78, 5) is 10.8. The minimum absolute atomic E-state index is 0.0677. The van der Waals surface area contributed by atoms with Crippen molar-refractivity contribution in [1.29, 1.82) is 0 Å². The SMILES string of the molecule is NC(CC1(C2CCCCC2)COC1)C(=O)O. The molecule has 1 aliphatic carbocycles. The Balaban J connectivity index is 1.98. The molecule has 1 atom stereocenters.